The van der Waals surface area contributed by atoms with Crippen LogP contribution in [0.4, 0.5) is 0 Å². The number of aryl methyl sites for hydroxylation is 1. The van der Waals surface area contributed by atoms with Crippen LogP contribution in [-0.2, 0) is 11.2 Å². The lowest BCUT2D eigenvalue weighted by Gasteiger charge is -2.31. The van der Waals surface area contributed by atoms with Crippen LogP contribution in [0.5, 0.6) is 0 Å². The minimum Gasteiger partial charge on any atom is -0.355 e. The van der Waals surface area contributed by atoms with E-state index in [4.69, 9.17) is 0 Å². The molecular weight excluding hydrogens is 336 g/mol. The van der Waals surface area contributed by atoms with Crippen molar-refractivity contribution in [2.24, 2.45) is 5.92 Å². The van der Waals surface area contributed by atoms with E-state index < -0.39 is 0 Å². The number of thiazole rings is 1. The molecule has 1 aliphatic rings. The molecule has 3 rings (SSSR count). The number of carbonyl (C=O) groups excluding carboxylic acids is 2. The zero-order chi connectivity index (χ0) is 17.6. The van der Waals surface area contributed by atoms with Crippen LogP contribution < -0.4 is 5.32 Å². The molecule has 2 aromatic rings. The Kier molecular flexibility index (Phi) is 5.75. The van der Waals surface area contributed by atoms with Gasteiger partial charge in [0.1, 0.15) is 5.69 Å². The monoisotopic (exact) mass is 358 g/mol. The van der Waals surface area contributed by atoms with Crippen molar-refractivity contribution in [3.05, 3.63) is 46.2 Å². The fraction of sp³-hybridized carbons (Fsp3) is 0.444. The maximum Gasteiger partial charge on any atom is 0.272 e. The van der Waals surface area contributed by atoms with Crippen molar-refractivity contribution in [2.45, 2.75) is 26.2 Å². The predicted molar refractivity (Wildman–Crippen MR) is 96.4 cm³/mol. The Labute approximate surface area is 151 Å². The van der Waals surface area contributed by atoms with E-state index in [0.717, 1.165) is 12.1 Å². The van der Waals surface area contributed by atoms with Crippen molar-refractivity contribution in [2.75, 3.05) is 19.6 Å². The molecule has 0 spiro atoms. The van der Waals surface area contributed by atoms with Gasteiger partial charge in [0, 0.05) is 43.0 Å². The molecule has 1 saturated heterocycles. The molecule has 0 unspecified atom stereocenters. The highest BCUT2D eigenvalue weighted by Crippen LogP contribution is 2.19. The van der Waals surface area contributed by atoms with Crippen LogP contribution in [0.25, 0.3) is 0 Å². The first-order valence-corrected chi connectivity index (χ1v) is 9.40. The molecule has 1 N–H and O–H groups in total. The molecule has 1 aliphatic heterocycles. The summed E-state index contributed by atoms with van der Waals surface area (Å²) in [5.74, 6) is 0.0163. The van der Waals surface area contributed by atoms with Gasteiger partial charge in [-0.05, 0) is 31.9 Å². The van der Waals surface area contributed by atoms with Crippen LogP contribution in [0, 0.1) is 12.8 Å². The van der Waals surface area contributed by atoms with Crippen molar-refractivity contribution in [1.29, 1.82) is 0 Å². The van der Waals surface area contributed by atoms with E-state index in [-0.39, 0.29) is 17.7 Å². The molecule has 7 heteroatoms. The lowest BCUT2D eigenvalue weighted by atomic mass is 9.95. The Balaban J connectivity index is 1.43. The second-order valence-electron chi connectivity index (χ2n) is 6.18. The zero-order valence-corrected chi connectivity index (χ0v) is 15.1. The highest BCUT2D eigenvalue weighted by molar-refractivity contribution is 7.09. The molecule has 6 nitrogen and oxygen atoms in total. The highest BCUT2D eigenvalue weighted by atomic mass is 32.1. The summed E-state index contributed by atoms with van der Waals surface area (Å²) in [6, 6.07) is 5.33. The molecule has 0 atom stereocenters. The first-order valence-electron chi connectivity index (χ1n) is 8.52. The zero-order valence-electron chi connectivity index (χ0n) is 14.3. The minimum absolute atomic E-state index is 0.0182. The summed E-state index contributed by atoms with van der Waals surface area (Å²) in [7, 11) is 0. The number of hydrogen-bond donors (Lipinski definition) is 1. The number of rotatable bonds is 5. The van der Waals surface area contributed by atoms with Gasteiger partial charge in [-0.3, -0.25) is 14.6 Å². The van der Waals surface area contributed by atoms with Gasteiger partial charge < -0.3 is 10.2 Å². The van der Waals surface area contributed by atoms with Gasteiger partial charge in [-0.15, -0.1) is 11.3 Å². The largest absolute Gasteiger partial charge is 0.355 e. The Morgan fingerprint density at radius 3 is 2.72 bits per heavy atom. The van der Waals surface area contributed by atoms with Crippen molar-refractivity contribution in [1.82, 2.24) is 20.2 Å². The van der Waals surface area contributed by atoms with E-state index in [1.807, 2.05) is 18.5 Å². The molecule has 0 radical (unpaired) electrons. The molecule has 0 aliphatic carbocycles. The summed E-state index contributed by atoms with van der Waals surface area (Å²) in [4.78, 5) is 36.0. The van der Waals surface area contributed by atoms with Crippen LogP contribution in [0.15, 0.2) is 29.9 Å². The first kappa shape index (κ1) is 17.5. The van der Waals surface area contributed by atoms with Gasteiger partial charge in [0.2, 0.25) is 5.91 Å². The van der Waals surface area contributed by atoms with E-state index in [2.05, 4.69) is 15.3 Å². The summed E-state index contributed by atoms with van der Waals surface area (Å²) in [5, 5.41) is 3.02. The van der Waals surface area contributed by atoms with E-state index in [0.29, 0.717) is 38.2 Å². The van der Waals surface area contributed by atoms with E-state index >= 15 is 0 Å². The third-order valence-electron chi connectivity index (χ3n) is 4.53. The van der Waals surface area contributed by atoms with Crippen molar-refractivity contribution < 1.29 is 9.59 Å². The number of likely N-dealkylation sites (tertiary alicyclic amines) is 1. The number of piperidine rings is 1. The van der Waals surface area contributed by atoms with Crippen LogP contribution in [0.1, 0.15) is 33.9 Å². The second kappa shape index (κ2) is 8.20. The van der Waals surface area contributed by atoms with Gasteiger partial charge in [-0.2, -0.15) is 0 Å². The summed E-state index contributed by atoms with van der Waals surface area (Å²) >= 11 is 1.63. The fourth-order valence-electron chi connectivity index (χ4n) is 3.01. The molecular formula is C18H22N4O2S. The number of carbonyl (C=O) groups is 2. The van der Waals surface area contributed by atoms with E-state index in [9.17, 15) is 9.59 Å². The lowest BCUT2D eigenvalue weighted by molar-refractivity contribution is -0.126. The Bertz CT molecular complexity index is 724. The highest BCUT2D eigenvalue weighted by Gasteiger charge is 2.28. The quantitative estimate of drug-likeness (QED) is 0.888. The molecule has 0 saturated carbocycles. The summed E-state index contributed by atoms with van der Waals surface area (Å²) in [6.45, 7) is 3.82. The van der Waals surface area contributed by atoms with Gasteiger partial charge in [0.05, 0.1) is 11.2 Å². The fourth-order valence-corrected chi connectivity index (χ4v) is 3.79. The van der Waals surface area contributed by atoms with Crippen molar-refractivity contribution >= 4 is 23.2 Å². The third kappa shape index (κ3) is 4.42. The standard InChI is InChI=1S/C18H22N4O2S/c1-13-16(25-12-21-13)5-9-20-17(23)14-6-10-22(11-7-14)18(24)15-4-2-3-8-19-15/h2-4,8,12,14H,5-7,9-11H2,1H3,(H,20,23). The molecule has 1 fully saturated rings. The molecule has 2 amide bonds. The number of pyridine rings is 1. The molecule has 0 aromatic carbocycles. The van der Waals surface area contributed by atoms with Gasteiger partial charge in [-0.25, -0.2) is 4.98 Å². The number of nitrogens with zero attached hydrogens (tertiary/aromatic N) is 3. The van der Waals surface area contributed by atoms with Crippen molar-refractivity contribution in [3.8, 4) is 0 Å². The van der Waals surface area contributed by atoms with E-state index in [1.165, 1.54) is 4.88 Å². The third-order valence-corrected chi connectivity index (χ3v) is 5.53. The molecule has 132 valence electrons. The van der Waals surface area contributed by atoms with Crippen LogP contribution in [0.2, 0.25) is 0 Å². The molecule has 0 bridgehead atoms. The van der Waals surface area contributed by atoms with Gasteiger partial charge in [0.15, 0.2) is 0 Å². The van der Waals surface area contributed by atoms with Crippen LogP contribution >= 0.6 is 11.3 Å². The van der Waals surface area contributed by atoms with Crippen LogP contribution in [0.3, 0.4) is 0 Å². The number of amides is 2. The normalized spacial score (nSPS) is 15.2. The second-order valence-corrected chi connectivity index (χ2v) is 7.12. The summed E-state index contributed by atoms with van der Waals surface area (Å²) in [5.41, 5.74) is 3.34. The maximum atomic E-state index is 12.4. The lowest BCUT2D eigenvalue weighted by Crippen LogP contribution is -2.43. The molecule has 25 heavy (non-hydrogen) atoms. The van der Waals surface area contributed by atoms with Crippen molar-refractivity contribution in [3.63, 3.8) is 0 Å². The van der Waals surface area contributed by atoms with Crippen LogP contribution in [-0.4, -0.2) is 46.3 Å². The number of aromatic nitrogens is 2. The van der Waals surface area contributed by atoms with Gasteiger partial charge >= 0.3 is 0 Å². The molecule has 3 heterocycles. The average molecular weight is 358 g/mol. The Hall–Kier alpha value is -2.28. The maximum absolute atomic E-state index is 12.4. The topological polar surface area (TPSA) is 75.2 Å². The smallest absolute Gasteiger partial charge is 0.272 e. The average Bonchev–Trinajstić information content (AvgIpc) is 3.07. The molecule has 2 aromatic heterocycles. The van der Waals surface area contributed by atoms with Gasteiger partial charge in [-0.1, -0.05) is 6.07 Å². The Morgan fingerprint density at radius 1 is 1.28 bits per heavy atom. The first-order chi connectivity index (χ1) is 12.1. The summed E-state index contributed by atoms with van der Waals surface area (Å²) < 4.78 is 0. The SMILES string of the molecule is Cc1ncsc1CCNC(=O)C1CCN(C(=O)c2ccccn2)CC1. The number of nitrogens with one attached hydrogen (secondary N) is 1. The predicted octanol–water partition coefficient (Wildman–Crippen LogP) is 2.06. The minimum atomic E-state index is -0.0554. The summed E-state index contributed by atoms with van der Waals surface area (Å²) in [6.07, 6.45) is 3.84. The Morgan fingerprint density at radius 2 is 2.08 bits per heavy atom. The van der Waals surface area contributed by atoms with Gasteiger partial charge in [0.25, 0.3) is 5.91 Å². The number of hydrogen-bond acceptors (Lipinski definition) is 5. The van der Waals surface area contributed by atoms with E-state index in [1.54, 1.807) is 34.6 Å².